The number of hydrogen-bond donors (Lipinski definition) is 1. The lowest BCUT2D eigenvalue weighted by molar-refractivity contribution is 0.175. The number of hydrogen-bond acceptors (Lipinski definition) is 2. The summed E-state index contributed by atoms with van der Waals surface area (Å²) in [7, 11) is 0. The van der Waals surface area contributed by atoms with E-state index in [-0.39, 0.29) is 0 Å². The summed E-state index contributed by atoms with van der Waals surface area (Å²) in [6.45, 7) is 6.10. The van der Waals surface area contributed by atoms with Crippen LogP contribution in [0.3, 0.4) is 0 Å². The molecule has 0 spiro atoms. The minimum absolute atomic E-state index is 0.791. The normalized spacial score (nSPS) is 31.6. The Morgan fingerprint density at radius 3 is 2.54 bits per heavy atom. The first-order valence-electron chi connectivity index (χ1n) is 5.87. The van der Waals surface area contributed by atoms with Crippen LogP contribution < -0.4 is 5.32 Å². The number of likely N-dealkylation sites (tertiary alicyclic amines) is 1. The van der Waals surface area contributed by atoms with Gasteiger partial charge in [0.15, 0.2) is 0 Å². The Morgan fingerprint density at radius 2 is 1.92 bits per heavy atom. The first-order valence-corrected chi connectivity index (χ1v) is 5.87. The maximum Gasteiger partial charge on any atom is 0.0198 e. The van der Waals surface area contributed by atoms with Gasteiger partial charge in [-0.1, -0.05) is 13.3 Å². The zero-order chi connectivity index (χ0) is 9.10. The van der Waals surface area contributed by atoms with E-state index < -0.39 is 0 Å². The van der Waals surface area contributed by atoms with Crippen molar-refractivity contribution in [3.63, 3.8) is 0 Å². The van der Waals surface area contributed by atoms with Crippen LogP contribution in [0.1, 0.15) is 39.0 Å². The van der Waals surface area contributed by atoms with Crippen LogP contribution in [0.2, 0.25) is 0 Å². The van der Waals surface area contributed by atoms with Crippen LogP contribution in [0.4, 0.5) is 0 Å². The molecule has 1 saturated carbocycles. The Morgan fingerprint density at radius 1 is 1.15 bits per heavy atom. The predicted octanol–water partition coefficient (Wildman–Crippen LogP) is 1.61. The van der Waals surface area contributed by atoms with E-state index >= 15 is 0 Å². The van der Waals surface area contributed by atoms with E-state index in [1.54, 1.807) is 0 Å². The van der Waals surface area contributed by atoms with Gasteiger partial charge < -0.3 is 10.2 Å². The van der Waals surface area contributed by atoms with Crippen molar-refractivity contribution in [2.75, 3.05) is 19.6 Å². The first-order chi connectivity index (χ1) is 6.38. The van der Waals surface area contributed by atoms with Gasteiger partial charge >= 0.3 is 0 Å². The first kappa shape index (κ1) is 9.47. The van der Waals surface area contributed by atoms with E-state index in [1.165, 1.54) is 51.7 Å². The van der Waals surface area contributed by atoms with Gasteiger partial charge in [0, 0.05) is 18.6 Å². The van der Waals surface area contributed by atoms with Crippen molar-refractivity contribution in [3.05, 3.63) is 0 Å². The average Bonchev–Trinajstić information content (AvgIpc) is 2.12. The van der Waals surface area contributed by atoms with Gasteiger partial charge in [-0.05, 0) is 38.8 Å². The second-order valence-corrected chi connectivity index (χ2v) is 4.53. The van der Waals surface area contributed by atoms with Crippen molar-refractivity contribution >= 4 is 0 Å². The number of likely N-dealkylation sites (N-methyl/N-ethyl adjacent to an activating group) is 1. The third-order valence-electron chi connectivity index (χ3n) is 3.53. The lowest BCUT2D eigenvalue weighted by Gasteiger charge is -2.37. The maximum atomic E-state index is 3.78. The Kier molecular flexibility index (Phi) is 3.23. The van der Waals surface area contributed by atoms with Crippen LogP contribution in [0.15, 0.2) is 0 Å². The highest BCUT2D eigenvalue weighted by Crippen LogP contribution is 2.20. The van der Waals surface area contributed by atoms with Gasteiger partial charge in [0.2, 0.25) is 0 Å². The Hall–Kier alpha value is -0.0800. The molecule has 13 heavy (non-hydrogen) atoms. The van der Waals surface area contributed by atoms with Crippen molar-refractivity contribution in [1.29, 1.82) is 0 Å². The third kappa shape index (κ3) is 2.44. The molecule has 0 amide bonds. The van der Waals surface area contributed by atoms with Crippen molar-refractivity contribution in [1.82, 2.24) is 10.2 Å². The molecule has 0 aromatic rings. The van der Waals surface area contributed by atoms with Crippen molar-refractivity contribution in [2.45, 2.75) is 51.1 Å². The van der Waals surface area contributed by atoms with Gasteiger partial charge in [-0.3, -0.25) is 0 Å². The molecular weight excluding hydrogens is 160 g/mol. The summed E-state index contributed by atoms with van der Waals surface area (Å²) in [5.74, 6) is 0. The number of nitrogens with one attached hydrogen (secondary N) is 1. The summed E-state index contributed by atoms with van der Waals surface area (Å²) in [6.07, 6.45) is 7.07. The molecule has 2 aliphatic rings. The molecule has 0 bridgehead atoms. The zero-order valence-corrected chi connectivity index (χ0v) is 8.76. The second kappa shape index (κ2) is 4.43. The number of piperidine rings is 1. The highest BCUT2D eigenvalue weighted by molar-refractivity contribution is 4.84. The maximum absolute atomic E-state index is 3.78. The Bertz CT molecular complexity index is 152. The molecule has 1 heterocycles. The molecule has 76 valence electrons. The SMILES string of the molecule is CCN1CCCC(NC2CCC2)C1. The molecular formula is C11H22N2. The van der Waals surface area contributed by atoms with Crippen LogP contribution in [0.5, 0.6) is 0 Å². The van der Waals surface area contributed by atoms with Crippen LogP contribution in [-0.4, -0.2) is 36.6 Å². The monoisotopic (exact) mass is 182 g/mol. The molecule has 2 heteroatoms. The second-order valence-electron chi connectivity index (χ2n) is 4.53. The molecule has 2 rings (SSSR count). The molecule has 0 aromatic carbocycles. The lowest BCUT2D eigenvalue weighted by atomic mass is 9.91. The van der Waals surface area contributed by atoms with Crippen molar-refractivity contribution < 1.29 is 0 Å². The summed E-state index contributed by atoms with van der Waals surface area (Å²) < 4.78 is 0. The molecule has 2 nitrogen and oxygen atoms in total. The lowest BCUT2D eigenvalue weighted by Crippen LogP contribution is -2.50. The van der Waals surface area contributed by atoms with Crippen LogP contribution in [-0.2, 0) is 0 Å². The van der Waals surface area contributed by atoms with Crippen LogP contribution in [0.25, 0.3) is 0 Å². The summed E-state index contributed by atoms with van der Waals surface area (Å²) in [5, 5.41) is 3.78. The molecule has 1 aliphatic carbocycles. The van der Waals surface area contributed by atoms with E-state index in [2.05, 4.69) is 17.1 Å². The molecule has 0 aromatic heterocycles. The highest BCUT2D eigenvalue weighted by atomic mass is 15.2. The third-order valence-corrected chi connectivity index (χ3v) is 3.53. The van der Waals surface area contributed by atoms with Crippen LogP contribution in [0, 0.1) is 0 Å². The van der Waals surface area contributed by atoms with Gasteiger partial charge in [0.25, 0.3) is 0 Å². The molecule has 1 unspecified atom stereocenters. The van der Waals surface area contributed by atoms with E-state index in [0.29, 0.717) is 0 Å². The van der Waals surface area contributed by atoms with Gasteiger partial charge in [0.05, 0.1) is 0 Å². The standard InChI is InChI=1S/C11H22N2/c1-2-13-8-4-7-11(9-13)12-10-5-3-6-10/h10-12H,2-9H2,1H3. The zero-order valence-electron chi connectivity index (χ0n) is 8.76. The van der Waals surface area contributed by atoms with E-state index in [1.807, 2.05) is 0 Å². The average molecular weight is 182 g/mol. The minimum Gasteiger partial charge on any atom is -0.310 e. The van der Waals surface area contributed by atoms with Gasteiger partial charge in [-0.25, -0.2) is 0 Å². The molecule has 1 saturated heterocycles. The fourth-order valence-corrected chi connectivity index (χ4v) is 2.39. The highest BCUT2D eigenvalue weighted by Gasteiger charge is 2.24. The van der Waals surface area contributed by atoms with Crippen LogP contribution >= 0.6 is 0 Å². The predicted molar refractivity (Wildman–Crippen MR) is 55.9 cm³/mol. The molecule has 2 fully saturated rings. The Balaban J connectivity index is 1.71. The minimum atomic E-state index is 0.791. The molecule has 1 N–H and O–H groups in total. The van der Waals surface area contributed by atoms with Gasteiger partial charge in [-0.2, -0.15) is 0 Å². The van der Waals surface area contributed by atoms with E-state index in [9.17, 15) is 0 Å². The van der Waals surface area contributed by atoms with E-state index in [0.717, 1.165) is 12.1 Å². The molecule has 1 atom stereocenters. The fraction of sp³-hybridized carbons (Fsp3) is 1.00. The smallest absolute Gasteiger partial charge is 0.0198 e. The quantitative estimate of drug-likeness (QED) is 0.713. The number of rotatable bonds is 3. The topological polar surface area (TPSA) is 15.3 Å². The van der Waals surface area contributed by atoms with E-state index in [4.69, 9.17) is 0 Å². The molecule has 1 aliphatic heterocycles. The Labute approximate surface area is 81.7 Å². The summed E-state index contributed by atoms with van der Waals surface area (Å²) >= 11 is 0. The fourth-order valence-electron chi connectivity index (χ4n) is 2.39. The van der Waals surface area contributed by atoms with Crippen molar-refractivity contribution in [3.8, 4) is 0 Å². The van der Waals surface area contributed by atoms with Gasteiger partial charge in [-0.15, -0.1) is 0 Å². The van der Waals surface area contributed by atoms with Crippen molar-refractivity contribution in [2.24, 2.45) is 0 Å². The largest absolute Gasteiger partial charge is 0.310 e. The molecule has 0 radical (unpaired) electrons. The summed E-state index contributed by atoms with van der Waals surface area (Å²) in [5.41, 5.74) is 0. The summed E-state index contributed by atoms with van der Waals surface area (Å²) in [6, 6.07) is 1.65. The van der Waals surface area contributed by atoms with Gasteiger partial charge in [0.1, 0.15) is 0 Å². The summed E-state index contributed by atoms with van der Waals surface area (Å²) in [4.78, 5) is 2.57. The number of nitrogens with zero attached hydrogens (tertiary/aromatic N) is 1.